The van der Waals surface area contributed by atoms with E-state index in [2.05, 4.69) is 90.6 Å². The van der Waals surface area contributed by atoms with E-state index in [9.17, 15) is 0 Å². The Morgan fingerprint density at radius 1 is 0.533 bits per heavy atom. The summed E-state index contributed by atoms with van der Waals surface area (Å²) in [4.78, 5) is 0. The molecule has 0 fully saturated rings. The SMILES string of the molecule is Br.Br.Cc1ccc([N+](C)(C)CCOCCOCC[N+](C)(C)c2ccc(C)cc2)cc1. The van der Waals surface area contributed by atoms with Crippen molar-refractivity contribution in [2.75, 3.05) is 67.7 Å². The van der Waals surface area contributed by atoms with Gasteiger partial charge in [-0.3, -0.25) is 8.97 Å². The maximum absolute atomic E-state index is 5.80. The molecule has 30 heavy (non-hydrogen) atoms. The lowest BCUT2D eigenvalue weighted by atomic mass is 10.2. The lowest BCUT2D eigenvalue weighted by Gasteiger charge is -2.29. The Morgan fingerprint density at radius 2 is 0.833 bits per heavy atom. The maximum atomic E-state index is 5.80. The third-order valence-electron chi connectivity index (χ3n) is 5.43. The van der Waals surface area contributed by atoms with Crippen LogP contribution in [0.1, 0.15) is 11.1 Å². The van der Waals surface area contributed by atoms with Crippen LogP contribution < -0.4 is 8.97 Å². The molecule has 4 nitrogen and oxygen atoms in total. The van der Waals surface area contributed by atoms with Crippen LogP contribution in [-0.2, 0) is 9.47 Å². The highest BCUT2D eigenvalue weighted by Crippen LogP contribution is 2.20. The smallest absolute Gasteiger partial charge is 0.132 e. The number of rotatable bonds is 11. The summed E-state index contributed by atoms with van der Waals surface area (Å²) in [5.41, 5.74) is 5.20. The minimum atomic E-state index is 0. The standard InChI is InChI=1S/C24H38N2O2.2BrH/c1-21-7-11-23(12-8-21)25(3,4)15-17-27-19-20-28-18-16-26(5,6)24-13-9-22(2)10-14-24;;/h7-14H,15-20H2,1-6H3;2*1H/q+2;;. The normalized spacial score (nSPS) is 11.5. The number of ether oxygens (including phenoxy) is 2. The molecule has 0 heterocycles. The number of hydrogen-bond acceptors (Lipinski definition) is 2. The predicted octanol–water partition coefficient (Wildman–Crippen LogP) is 5.33. The fraction of sp³-hybridized carbons (Fsp3) is 0.500. The van der Waals surface area contributed by atoms with Crippen LogP contribution in [0.4, 0.5) is 11.4 Å². The van der Waals surface area contributed by atoms with E-state index in [1.165, 1.54) is 22.5 Å². The average molecular weight is 548 g/mol. The van der Waals surface area contributed by atoms with Gasteiger partial charge >= 0.3 is 0 Å². The highest BCUT2D eigenvalue weighted by molar-refractivity contribution is 8.93. The lowest BCUT2D eigenvalue weighted by molar-refractivity contribution is 0.0388. The first kappa shape index (κ1) is 29.2. The van der Waals surface area contributed by atoms with Crippen LogP contribution in [0, 0.1) is 13.8 Å². The summed E-state index contributed by atoms with van der Waals surface area (Å²) in [7, 11) is 8.87. The van der Waals surface area contributed by atoms with Crippen molar-refractivity contribution in [3.63, 3.8) is 0 Å². The van der Waals surface area contributed by atoms with Gasteiger partial charge in [0.1, 0.15) is 24.5 Å². The van der Waals surface area contributed by atoms with Gasteiger partial charge in [0, 0.05) is 0 Å². The Hall–Kier alpha value is -0.760. The zero-order valence-corrected chi connectivity index (χ0v) is 22.8. The third kappa shape index (κ3) is 9.58. The first-order chi connectivity index (χ1) is 13.2. The van der Waals surface area contributed by atoms with Crippen LogP contribution in [0.25, 0.3) is 0 Å². The van der Waals surface area contributed by atoms with Crippen molar-refractivity contribution >= 4 is 45.3 Å². The molecule has 6 heteroatoms. The Balaban J connectivity index is 0.00000420. The molecule has 0 aromatic heterocycles. The van der Waals surface area contributed by atoms with Crippen molar-refractivity contribution in [3.8, 4) is 0 Å². The highest BCUT2D eigenvalue weighted by Gasteiger charge is 2.19. The quantitative estimate of drug-likeness (QED) is 0.280. The van der Waals surface area contributed by atoms with Gasteiger partial charge in [0.05, 0.1) is 54.6 Å². The van der Waals surface area contributed by atoms with E-state index in [-0.39, 0.29) is 34.0 Å². The second kappa shape index (κ2) is 13.6. The minimum Gasteiger partial charge on any atom is -0.373 e. The fourth-order valence-corrected chi connectivity index (χ4v) is 3.06. The fourth-order valence-electron chi connectivity index (χ4n) is 3.06. The molecule has 0 bridgehead atoms. The monoisotopic (exact) mass is 546 g/mol. The van der Waals surface area contributed by atoms with Crippen LogP contribution in [0.3, 0.4) is 0 Å². The molecule has 0 saturated carbocycles. The molecule has 0 amide bonds. The number of quaternary nitrogens is 2. The van der Waals surface area contributed by atoms with Crippen molar-refractivity contribution in [1.29, 1.82) is 0 Å². The first-order valence-electron chi connectivity index (χ1n) is 10.2. The van der Waals surface area contributed by atoms with Crippen LogP contribution in [0.2, 0.25) is 0 Å². The second-order valence-corrected chi connectivity index (χ2v) is 8.71. The molecule has 0 aliphatic rings. The Labute approximate surface area is 204 Å². The summed E-state index contributed by atoms with van der Waals surface area (Å²) < 4.78 is 13.2. The average Bonchev–Trinajstić information content (AvgIpc) is 2.64. The van der Waals surface area contributed by atoms with E-state index in [1.807, 2.05) is 0 Å². The van der Waals surface area contributed by atoms with Gasteiger partial charge < -0.3 is 9.47 Å². The van der Waals surface area contributed by atoms with Crippen molar-refractivity contribution in [2.45, 2.75) is 13.8 Å². The molecule has 2 rings (SSSR count). The molecule has 0 aliphatic heterocycles. The molecule has 2 aromatic rings. The van der Waals surface area contributed by atoms with E-state index in [1.54, 1.807) is 0 Å². The summed E-state index contributed by atoms with van der Waals surface area (Å²) in [5.74, 6) is 0. The molecule has 0 atom stereocenters. The number of hydrogen-bond donors (Lipinski definition) is 0. The van der Waals surface area contributed by atoms with E-state index in [0.29, 0.717) is 13.2 Å². The molecule has 0 unspecified atom stereocenters. The van der Waals surface area contributed by atoms with Gasteiger partial charge in [0.2, 0.25) is 0 Å². The Morgan fingerprint density at radius 3 is 1.13 bits per heavy atom. The second-order valence-electron chi connectivity index (χ2n) is 8.71. The Bertz CT molecular complexity index is 653. The van der Waals surface area contributed by atoms with Crippen LogP contribution >= 0.6 is 34.0 Å². The first-order valence-corrected chi connectivity index (χ1v) is 10.2. The number of aryl methyl sites for hydroxylation is 2. The zero-order chi connectivity index (χ0) is 20.6. The predicted molar refractivity (Wildman–Crippen MR) is 142 cm³/mol. The van der Waals surface area contributed by atoms with Crippen molar-refractivity contribution in [1.82, 2.24) is 8.97 Å². The summed E-state index contributed by atoms with van der Waals surface area (Å²) in [6.45, 7) is 8.88. The Kier molecular flexibility index (Phi) is 13.3. The van der Waals surface area contributed by atoms with Crippen LogP contribution in [-0.4, -0.2) is 67.7 Å². The van der Waals surface area contributed by atoms with Crippen LogP contribution in [0.15, 0.2) is 48.5 Å². The summed E-state index contributed by atoms with van der Waals surface area (Å²) in [5, 5.41) is 0. The van der Waals surface area contributed by atoms with E-state index in [4.69, 9.17) is 9.47 Å². The van der Waals surface area contributed by atoms with Crippen molar-refractivity contribution < 1.29 is 9.47 Å². The number of nitrogens with zero attached hydrogens (tertiary/aromatic N) is 2. The molecule has 0 radical (unpaired) electrons. The van der Waals surface area contributed by atoms with E-state index < -0.39 is 0 Å². The van der Waals surface area contributed by atoms with Crippen molar-refractivity contribution in [3.05, 3.63) is 59.7 Å². The van der Waals surface area contributed by atoms with Gasteiger partial charge in [0.15, 0.2) is 0 Å². The summed E-state index contributed by atoms with van der Waals surface area (Å²) >= 11 is 0. The molecule has 0 spiro atoms. The summed E-state index contributed by atoms with van der Waals surface area (Å²) in [6, 6.07) is 17.5. The van der Waals surface area contributed by atoms with Crippen LogP contribution in [0.5, 0.6) is 0 Å². The lowest BCUT2D eigenvalue weighted by Crippen LogP contribution is -2.43. The molecule has 0 aliphatic carbocycles. The topological polar surface area (TPSA) is 18.5 Å². The third-order valence-corrected chi connectivity index (χ3v) is 5.43. The highest BCUT2D eigenvalue weighted by atomic mass is 79.9. The zero-order valence-electron chi connectivity index (χ0n) is 19.4. The molecule has 2 aromatic carbocycles. The summed E-state index contributed by atoms with van der Waals surface area (Å²) in [6.07, 6.45) is 0. The molecular weight excluding hydrogens is 508 g/mol. The number of benzene rings is 2. The van der Waals surface area contributed by atoms with Gasteiger partial charge in [-0.2, -0.15) is 0 Å². The van der Waals surface area contributed by atoms with E-state index >= 15 is 0 Å². The molecule has 170 valence electrons. The maximum Gasteiger partial charge on any atom is 0.132 e. The van der Waals surface area contributed by atoms with Crippen molar-refractivity contribution in [2.24, 2.45) is 0 Å². The molecular formula is C24H40Br2N2O2+2. The largest absolute Gasteiger partial charge is 0.373 e. The van der Waals surface area contributed by atoms with Gasteiger partial charge in [0.25, 0.3) is 0 Å². The van der Waals surface area contributed by atoms with Gasteiger partial charge in [-0.15, -0.1) is 34.0 Å². The molecule has 0 N–H and O–H groups in total. The molecule has 0 saturated heterocycles. The minimum absolute atomic E-state index is 0. The number of likely N-dealkylation sites (N-methyl/N-ethyl adjacent to an activating group) is 2. The number of halogens is 2. The van der Waals surface area contributed by atoms with Gasteiger partial charge in [-0.1, -0.05) is 35.4 Å². The van der Waals surface area contributed by atoms with Gasteiger partial charge in [-0.25, -0.2) is 0 Å². The van der Waals surface area contributed by atoms with E-state index in [0.717, 1.165) is 35.3 Å². The van der Waals surface area contributed by atoms with Gasteiger partial charge in [-0.05, 0) is 38.1 Å².